The van der Waals surface area contributed by atoms with Gasteiger partial charge in [-0.3, -0.25) is 14.9 Å². The highest BCUT2D eigenvalue weighted by atomic mass is 16.6. The zero-order valence-electron chi connectivity index (χ0n) is 12.1. The molecule has 0 heterocycles. The highest BCUT2D eigenvalue weighted by molar-refractivity contribution is 5.80. The van der Waals surface area contributed by atoms with Crippen LogP contribution in [0.5, 0.6) is 0 Å². The summed E-state index contributed by atoms with van der Waals surface area (Å²) in [4.78, 5) is 22.5. The van der Waals surface area contributed by atoms with Gasteiger partial charge < -0.3 is 10.5 Å². The Bertz CT molecular complexity index is 538. The summed E-state index contributed by atoms with van der Waals surface area (Å²) < 4.78 is 4.87. The van der Waals surface area contributed by atoms with Crippen LogP contribution in [0.25, 0.3) is 0 Å². The van der Waals surface area contributed by atoms with Crippen LogP contribution in [-0.4, -0.2) is 18.0 Å². The fraction of sp³-hybridized carbons (Fsp3) is 0.533. The molecule has 0 bridgehead atoms. The Morgan fingerprint density at radius 3 is 2.71 bits per heavy atom. The van der Waals surface area contributed by atoms with Gasteiger partial charge in [0.05, 0.1) is 18.0 Å². The number of carbonyl (C=O) groups excluding carboxylic acids is 1. The van der Waals surface area contributed by atoms with Gasteiger partial charge >= 0.3 is 5.97 Å². The first-order valence-electron chi connectivity index (χ1n) is 7.14. The Morgan fingerprint density at radius 2 is 2.14 bits per heavy atom. The number of hydrogen-bond acceptors (Lipinski definition) is 5. The van der Waals surface area contributed by atoms with Gasteiger partial charge in [0.2, 0.25) is 0 Å². The lowest BCUT2D eigenvalue weighted by atomic mass is 9.87. The number of anilines is 1. The summed E-state index contributed by atoms with van der Waals surface area (Å²) >= 11 is 0. The molecular formula is C15H20N2O4. The summed E-state index contributed by atoms with van der Waals surface area (Å²) in [6, 6.07) is 4.23. The fourth-order valence-electron chi connectivity index (χ4n) is 3.05. The molecule has 1 aliphatic carbocycles. The molecule has 1 aliphatic rings. The molecule has 0 radical (unpaired) electrons. The van der Waals surface area contributed by atoms with E-state index in [-0.39, 0.29) is 11.7 Å². The van der Waals surface area contributed by atoms with Crippen LogP contribution < -0.4 is 5.73 Å². The third-order valence-electron chi connectivity index (χ3n) is 4.19. The highest BCUT2D eigenvalue weighted by Crippen LogP contribution is 2.37. The maximum atomic E-state index is 12.1. The Hall–Kier alpha value is -2.11. The molecule has 0 spiro atoms. The van der Waals surface area contributed by atoms with E-state index >= 15 is 0 Å². The van der Waals surface area contributed by atoms with Gasteiger partial charge in [-0.25, -0.2) is 0 Å². The normalized spacial score (nSPS) is 16.6. The number of non-ortho nitro benzene ring substituents is 1. The Balaban J connectivity index is 2.32. The smallest absolute Gasteiger partial charge is 0.313 e. The Morgan fingerprint density at radius 1 is 1.48 bits per heavy atom. The molecule has 0 amide bonds. The number of esters is 1. The highest BCUT2D eigenvalue weighted by Gasteiger charge is 2.29. The van der Waals surface area contributed by atoms with Gasteiger partial charge in [0.1, 0.15) is 0 Å². The molecule has 1 aromatic carbocycles. The van der Waals surface area contributed by atoms with Gasteiger partial charge in [-0.2, -0.15) is 0 Å². The number of hydrogen-bond donors (Lipinski definition) is 1. The van der Waals surface area contributed by atoms with Gasteiger partial charge in [0.15, 0.2) is 0 Å². The first kappa shape index (κ1) is 15.3. The summed E-state index contributed by atoms with van der Waals surface area (Å²) in [5.74, 6) is -0.458. The van der Waals surface area contributed by atoms with Gasteiger partial charge in [0, 0.05) is 17.8 Å². The molecule has 1 unspecified atom stereocenters. The molecule has 1 fully saturated rings. The number of nitro benzene ring substituents is 1. The molecule has 1 aromatic rings. The number of nitrogens with zero attached hydrogens (tertiary/aromatic N) is 1. The van der Waals surface area contributed by atoms with Crippen LogP contribution >= 0.6 is 0 Å². The van der Waals surface area contributed by atoms with E-state index in [2.05, 4.69) is 0 Å². The minimum Gasteiger partial charge on any atom is -0.469 e. The van der Waals surface area contributed by atoms with Crippen LogP contribution in [0, 0.1) is 16.0 Å². The first-order chi connectivity index (χ1) is 10.0. The van der Waals surface area contributed by atoms with Crippen molar-refractivity contribution in [3.63, 3.8) is 0 Å². The van der Waals surface area contributed by atoms with Crippen molar-refractivity contribution in [1.82, 2.24) is 0 Å². The van der Waals surface area contributed by atoms with Crippen molar-refractivity contribution in [2.24, 2.45) is 5.92 Å². The number of methoxy groups -OCH3 is 1. The van der Waals surface area contributed by atoms with Crippen molar-refractivity contribution < 1.29 is 14.5 Å². The second-order valence-corrected chi connectivity index (χ2v) is 5.53. The number of carbonyl (C=O) groups is 1. The number of ether oxygens (including phenoxy) is 1. The zero-order chi connectivity index (χ0) is 15.4. The van der Waals surface area contributed by atoms with E-state index in [9.17, 15) is 14.9 Å². The second-order valence-electron chi connectivity index (χ2n) is 5.53. The van der Waals surface area contributed by atoms with Crippen LogP contribution in [0.2, 0.25) is 0 Å². The van der Waals surface area contributed by atoms with Gasteiger partial charge in [0.25, 0.3) is 5.69 Å². The monoisotopic (exact) mass is 292 g/mol. The zero-order valence-corrected chi connectivity index (χ0v) is 12.1. The van der Waals surface area contributed by atoms with E-state index in [1.54, 1.807) is 0 Å². The van der Waals surface area contributed by atoms with Crippen LogP contribution in [-0.2, 0) is 9.53 Å². The van der Waals surface area contributed by atoms with Crippen LogP contribution in [0.3, 0.4) is 0 Å². The lowest BCUT2D eigenvalue weighted by molar-refractivity contribution is -0.384. The standard InChI is InChI=1S/C15H20N2O4/c1-21-15(18)13(8-10-4-2-3-5-10)12-9-11(17(19)20)6-7-14(12)16/h6-7,9-10,13H,2-5,8,16H2,1H3. The van der Waals surface area contributed by atoms with E-state index < -0.39 is 10.8 Å². The van der Waals surface area contributed by atoms with Gasteiger partial charge in [-0.05, 0) is 24.0 Å². The largest absolute Gasteiger partial charge is 0.469 e. The third-order valence-corrected chi connectivity index (χ3v) is 4.19. The molecule has 2 N–H and O–H groups in total. The molecule has 0 saturated heterocycles. The van der Waals surface area contributed by atoms with E-state index in [1.807, 2.05) is 0 Å². The maximum Gasteiger partial charge on any atom is 0.313 e. The second kappa shape index (κ2) is 6.56. The van der Waals surface area contributed by atoms with Gasteiger partial charge in [-0.15, -0.1) is 0 Å². The van der Waals surface area contributed by atoms with Crippen molar-refractivity contribution in [3.8, 4) is 0 Å². The SMILES string of the molecule is COC(=O)C(CC1CCCC1)c1cc([N+](=O)[O-])ccc1N. The van der Waals surface area contributed by atoms with Crippen LogP contribution in [0.4, 0.5) is 11.4 Å². The third kappa shape index (κ3) is 3.51. The number of nitrogen functional groups attached to an aromatic ring is 1. The molecule has 2 rings (SSSR count). The van der Waals surface area contributed by atoms with E-state index in [1.165, 1.54) is 38.2 Å². The van der Waals surface area contributed by atoms with Crippen molar-refractivity contribution in [3.05, 3.63) is 33.9 Å². The summed E-state index contributed by atoms with van der Waals surface area (Å²) in [5, 5.41) is 10.9. The summed E-state index contributed by atoms with van der Waals surface area (Å²) in [5.41, 5.74) is 6.77. The number of rotatable bonds is 5. The number of nitrogens with two attached hydrogens (primary N) is 1. The molecule has 6 nitrogen and oxygen atoms in total. The molecule has 21 heavy (non-hydrogen) atoms. The minimum atomic E-state index is -0.530. The molecule has 0 aliphatic heterocycles. The Kier molecular flexibility index (Phi) is 4.77. The molecule has 0 aromatic heterocycles. The maximum absolute atomic E-state index is 12.1. The average Bonchev–Trinajstić information content (AvgIpc) is 2.97. The topological polar surface area (TPSA) is 95.5 Å². The molecule has 1 atom stereocenters. The summed E-state index contributed by atoms with van der Waals surface area (Å²) in [6.07, 6.45) is 5.15. The first-order valence-corrected chi connectivity index (χ1v) is 7.14. The Labute approximate surface area is 123 Å². The predicted octanol–water partition coefficient (Wildman–Crippen LogP) is 3.01. The molecule has 1 saturated carbocycles. The van der Waals surface area contributed by atoms with Crippen molar-refractivity contribution in [2.45, 2.75) is 38.0 Å². The van der Waals surface area contributed by atoms with Crippen LogP contribution in [0.1, 0.15) is 43.6 Å². The molecular weight excluding hydrogens is 272 g/mol. The van der Waals surface area contributed by atoms with Crippen molar-refractivity contribution in [1.29, 1.82) is 0 Å². The average molecular weight is 292 g/mol. The van der Waals surface area contributed by atoms with Crippen LogP contribution in [0.15, 0.2) is 18.2 Å². The molecule has 114 valence electrons. The summed E-state index contributed by atoms with van der Waals surface area (Å²) in [6.45, 7) is 0. The quantitative estimate of drug-likeness (QED) is 0.389. The van der Waals surface area contributed by atoms with E-state index in [0.717, 1.165) is 12.8 Å². The number of benzene rings is 1. The van der Waals surface area contributed by atoms with Gasteiger partial charge in [-0.1, -0.05) is 25.7 Å². The summed E-state index contributed by atoms with van der Waals surface area (Å²) in [7, 11) is 1.33. The fourth-order valence-corrected chi connectivity index (χ4v) is 3.05. The number of nitro groups is 1. The molecule has 6 heteroatoms. The lowest BCUT2D eigenvalue weighted by Crippen LogP contribution is -2.18. The van der Waals surface area contributed by atoms with E-state index in [0.29, 0.717) is 23.6 Å². The predicted molar refractivity (Wildman–Crippen MR) is 78.8 cm³/mol. The van der Waals surface area contributed by atoms with Crippen molar-refractivity contribution in [2.75, 3.05) is 12.8 Å². The lowest BCUT2D eigenvalue weighted by Gasteiger charge is -2.20. The minimum absolute atomic E-state index is 0.0560. The van der Waals surface area contributed by atoms with Crippen molar-refractivity contribution >= 4 is 17.3 Å². The van der Waals surface area contributed by atoms with E-state index in [4.69, 9.17) is 10.5 Å².